The average Bonchev–Trinajstić information content (AvgIpc) is 2.37. The quantitative estimate of drug-likeness (QED) is 0.906. The third-order valence-electron chi connectivity index (χ3n) is 3.74. The van der Waals surface area contributed by atoms with Gasteiger partial charge in [-0.05, 0) is 32.5 Å². The Balaban J connectivity index is 2.20. The fourth-order valence-corrected chi connectivity index (χ4v) is 2.73. The zero-order valence-corrected chi connectivity index (χ0v) is 12.6. The first-order chi connectivity index (χ1) is 9.51. The number of nitrogens with zero attached hydrogens (tertiary/aromatic N) is 3. The van der Waals surface area contributed by atoms with Crippen LogP contribution in [0.4, 0.5) is 5.82 Å². The number of pyridine rings is 1. The average molecular weight is 276 g/mol. The lowest BCUT2D eigenvalue weighted by Gasteiger charge is -2.38. The first-order valence-corrected chi connectivity index (χ1v) is 7.27. The maximum absolute atomic E-state index is 12.6. The normalized spacial score (nSPS) is 20.1. The summed E-state index contributed by atoms with van der Waals surface area (Å²) in [4.78, 5) is 21.1. The molecule has 2 rings (SSSR count). The smallest absolute Gasteiger partial charge is 0.254 e. The van der Waals surface area contributed by atoms with E-state index in [-0.39, 0.29) is 11.9 Å². The number of rotatable bonds is 3. The summed E-state index contributed by atoms with van der Waals surface area (Å²) in [7, 11) is 2.09. The standard InChI is InChI=1S/C15H24N4O/c1-4-5-13-8-12(9-14(16)17-13)15(20)19-7-6-18(3)10-11(19)2/h8-9,11H,4-7,10H2,1-3H3,(H2,16,17). The minimum Gasteiger partial charge on any atom is -0.384 e. The summed E-state index contributed by atoms with van der Waals surface area (Å²) in [5.41, 5.74) is 7.39. The number of aryl methyl sites for hydroxylation is 1. The van der Waals surface area contributed by atoms with Gasteiger partial charge >= 0.3 is 0 Å². The van der Waals surface area contributed by atoms with Gasteiger partial charge in [-0.2, -0.15) is 0 Å². The highest BCUT2D eigenvalue weighted by Crippen LogP contribution is 2.16. The number of nitrogens with two attached hydrogens (primary N) is 1. The van der Waals surface area contributed by atoms with E-state index in [1.165, 1.54) is 0 Å². The van der Waals surface area contributed by atoms with Gasteiger partial charge in [0.05, 0.1) is 0 Å². The fraction of sp³-hybridized carbons (Fsp3) is 0.600. The number of hydrogen-bond donors (Lipinski definition) is 1. The van der Waals surface area contributed by atoms with Crippen LogP contribution in [0, 0.1) is 0 Å². The van der Waals surface area contributed by atoms with Crippen molar-refractivity contribution in [2.45, 2.75) is 32.7 Å². The molecule has 0 radical (unpaired) electrons. The summed E-state index contributed by atoms with van der Waals surface area (Å²) in [6.45, 7) is 6.77. The lowest BCUT2D eigenvalue weighted by atomic mass is 10.1. The zero-order valence-electron chi connectivity index (χ0n) is 12.6. The minimum atomic E-state index is 0.0667. The van der Waals surface area contributed by atoms with Crippen LogP contribution in [0.2, 0.25) is 0 Å². The van der Waals surface area contributed by atoms with Gasteiger partial charge < -0.3 is 15.5 Å². The predicted molar refractivity (Wildman–Crippen MR) is 80.6 cm³/mol. The van der Waals surface area contributed by atoms with Crippen molar-refractivity contribution in [3.05, 3.63) is 23.4 Å². The van der Waals surface area contributed by atoms with Gasteiger partial charge in [0.25, 0.3) is 5.91 Å². The summed E-state index contributed by atoms with van der Waals surface area (Å²) in [5, 5.41) is 0. The molecule has 0 spiro atoms. The van der Waals surface area contributed by atoms with E-state index in [0.29, 0.717) is 11.4 Å². The summed E-state index contributed by atoms with van der Waals surface area (Å²) in [6.07, 6.45) is 1.85. The number of hydrogen-bond acceptors (Lipinski definition) is 4. The Labute approximate surface area is 120 Å². The minimum absolute atomic E-state index is 0.0667. The van der Waals surface area contributed by atoms with E-state index >= 15 is 0 Å². The predicted octanol–water partition coefficient (Wildman–Crippen LogP) is 1.39. The molecule has 2 N–H and O–H groups in total. The SMILES string of the molecule is CCCc1cc(C(=O)N2CCN(C)CC2C)cc(N)n1. The lowest BCUT2D eigenvalue weighted by Crippen LogP contribution is -2.52. The first-order valence-electron chi connectivity index (χ1n) is 7.27. The third-order valence-corrected chi connectivity index (χ3v) is 3.74. The number of likely N-dealkylation sites (N-methyl/N-ethyl adjacent to an activating group) is 1. The summed E-state index contributed by atoms with van der Waals surface area (Å²) >= 11 is 0. The Morgan fingerprint density at radius 1 is 1.45 bits per heavy atom. The van der Waals surface area contributed by atoms with E-state index in [9.17, 15) is 4.79 Å². The van der Waals surface area contributed by atoms with E-state index in [1.807, 2.05) is 11.0 Å². The number of nitrogen functional groups attached to an aromatic ring is 1. The maximum atomic E-state index is 12.6. The molecule has 1 aliphatic rings. The Bertz CT molecular complexity index is 489. The fourth-order valence-electron chi connectivity index (χ4n) is 2.73. The van der Waals surface area contributed by atoms with Crippen molar-refractivity contribution in [1.82, 2.24) is 14.8 Å². The van der Waals surface area contributed by atoms with E-state index in [2.05, 4.69) is 30.8 Å². The molecular weight excluding hydrogens is 252 g/mol. The topological polar surface area (TPSA) is 62.5 Å². The third kappa shape index (κ3) is 3.28. The molecule has 1 aliphatic heterocycles. The van der Waals surface area contributed by atoms with Gasteiger partial charge in [0.2, 0.25) is 0 Å². The number of aromatic nitrogens is 1. The molecule has 0 aliphatic carbocycles. The Hall–Kier alpha value is -1.62. The number of carbonyl (C=O) groups excluding carboxylic acids is 1. The lowest BCUT2D eigenvalue weighted by molar-refractivity contribution is 0.0533. The van der Waals surface area contributed by atoms with E-state index < -0.39 is 0 Å². The number of amides is 1. The van der Waals surface area contributed by atoms with Gasteiger partial charge in [-0.1, -0.05) is 13.3 Å². The van der Waals surface area contributed by atoms with Crippen LogP contribution in [-0.2, 0) is 6.42 Å². The number of carbonyl (C=O) groups is 1. The Kier molecular flexibility index (Phi) is 4.60. The monoisotopic (exact) mass is 276 g/mol. The molecule has 1 aromatic heterocycles. The van der Waals surface area contributed by atoms with Crippen LogP contribution in [0.25, 0.3) is 0 Å². The molecule has 1 amide bonds. The van der Waals surface area contributed by atoms with Crippen molar-refractivity contribution in [2.75, 3.05) is 32.4 Å². The van der Waals surface area contributed by atoms with Gasteiger partial charge in [0.1, 0.15) is 5.82 Å². The largest absolute Gasteiger partial charge is 0.384 e. The molecule has 20 heavy (non-hydrogen) atoms. The first kappa shape index (κ1) is 14.8. The second-order valence-electron chi connectivity index (χ2n) is 5.63. The molecule has 5 heteroatoms. The molecule has 5 nitrogen and oxygen atoms in total. The van der Waals surface area contributed by atoms with Crippen LogP contribution in [-0.4, -0.2) is 53.4 Å². The van der Waals surface area contributed by atoms with Crippen molar-refractivity contribution in [1.29, 1.82) is 0 Å². The van der Waals surface area contributed by atoms with Crippen molar-refractivity contribution in [3.8, 4) is 0 Å². The second-order valence-corrected chi connectivity index (χ2v) is 5.63. The van der Waals surface area contributed by atoms with Gasteiger partial charge in [-0.3, -0.25) is 4.79 Å². The van der Waals surface area contributed by atoms with Crippen LogP contribution in [0.15, 0.2) is 12.1 Å². The zero-order chi connectivity index (χ0) is 14.7. The highest BCUT2D eigenvalue weighted by atomic mass is 16.2. The maximum Gasteiger partial charge on any atom is 0.254 e. The van der Waals surface area contributed by atoms with E-state index in [1.54, 1.807) is 6.07 Å². The van der Waals surface area contributed by atoms with Crippen LogP contribution >= 0.6 is 0 Å². The molecule has 1 saturated heterocycles. The molecular formula is C15H24N4O. The second kappa shape index (κ2) is 6.22. The Morgan fingerprint density at radius 3 is 2.85 bits per heavy atom. The molecule has 1 aromatic rings. The van der Waals surface area contributed by atoms with E-state index in [4.69, 9.17) is 5.73 Å². The molecule has 0 saturated carbocycles. The number of anilines is 1. The van der Waals surface area contributed by atoms with Gasteiger partial charge in [0.15, 0.2) is 0 Å². The van der Waals surface area contributed by atoms with Crippen LogP contribution in [0.5, 0.6) is 0 Å². The van der Waals surface area contributed by atoms with Crippen LogP contribution in [0.1, 0.15) is 36.3 Å². The van der Waals surface area contributed by atoms with E-state index in [0.717, 1.165) is 38.2 Å². The van der Waals surface area contributed by atoms with Crippen LogP contribution in [0.3, 0.4) is 0 Å². The molecule has 1 unspecified atom stereocenters. The summed E-state index contributed by atoms with van der Waals surface area (Å²) in [5.74, 6) is 0.498. The Morgan fingerprint density at radius 2 is 2.20 bits per heavy atom. The molecule has 2 heterocycles. The molecule has 1 fully saturated rings. The molecule has 0 aromatic carbocycles. The molecule has 0 bridgehead atoms. The van der Waals surface area contributed by atoms with Crippen molar-refractivity contribution in [3.63, 3.8) is 0 Å². The summed E-state index contributed by atoms with van der Waals surface area (Å²) in [6, 6.07) is 3.80. The van der Waals surface area contributed by atoms with Crippen molar-refractivity contribution >= 4 is 11.7 Å². The van der Waals surface area contributed by atoms with Gasteiger partial charge in [-0.15, -0.1) is 0 Å². The summed E-state index contributed by atoms with van der Waals surface area (Å²) < 4.78 is 0. The van der Waals surface area contributed by atoms with Crippen molar-refractivity contribution in [2.24, 2.45) is 0 Å². The molecule has 110 valence electrons. The highest BCUT2D eigenvalue weighted by molar-refractivity contribution is 5.95. The van der Waals surface area contributed by atoms with Gasteiger partial charge in [-0.25, -0.2) is 4.98 Å². The van der Waals surface area contributed by atoms with Crippen LogP contribution < -0.4 is 5.73 Å². The van der Waals surface area contributed by atoms with Crippen molar-refractivity contribution < 1.29 is 4.79 Å². The number of piperazine rings is 1. The highest BCUT2D eigenvalue weighted by Gasteiger charge is 2.26. The van der Waals surface area contributed by atoms with Gasteiger partial charge in [0, 0.05) is 36.9 Å². The molecule has 1 atom stereocenters.